The molecule has 0 unspecified atom stereocenters. The van der Waals surface area contributed by atoms with Crippen molar-refractivity contribution in [2.24, 2.45) is 5.92 Å². The summed E-state index contributed by atoms with van der Waals surface area (Å²) in [4.78, 5) is 11.4. The van der Waals surface area contributed by atoms with E-state index in [1.165, 1.54) is 20.0 Å². The second-order valence-corrected chi connectivity index (χ2v) is 5.47. The number of benzene rings is 1. The van der Waals surface area contributed by atoms with E-state index in [9.17, 15) is 4.79 Å². The summed E-state index contributed by atoms with van der Waals surface area (Å²) >= 11 is 3.50. The van der Waals surface area contributed by atoms with E-state index in [0.717, 1.165) is 29.0 Å². The molecule has 0 saturated carbocycles. The second-order valence-electron chi connectivity index (χ2n) is 4.61. The number of ether oxygens (including phenoxy) is 1. The van der Waals surface area contributed by atoms with Crippen LogP contribution in [0.25, 0.3) is 0 Å². The molecule has 0 aromatic heterocycles. The lowest BCUT2D eigenvalue weighted by Crippen LogP contribution is -2.22. The molecule has 19 heavy (non-hydrogen) atoms. The minimum atomic E-state index is -0.308. The van der Waals surface area contributed by atoms with Crippen LogP contribution in [0.2, 0.25) is 0 Å². The first kappa shape index (κ1) is 16.2. The van der Waals surface area contributed by atoms with Crippen molar-refractivity contribution >= 4 is 21.9 Å². The van der Waals surface area contributed by atoms with Crippen molar-refractivity contribution in [2.45, 2.75) is 33.2 Å². The van der Waals surface area contributed by atoms with Gasteiger partial charge in [0.25, 0.3) is 0 Å². The summed E-state index contributed by atoms with van der Waals surface area (Å²) < 4.78 is 5.63. The van der Waals surface area contributed by atoms with Crippen LogP contribution in [0.5, 0.6) is 0 Å². The van der Waals surface area contributed by atoms with E-state index >= 15 is 0 Å². The lowest BCUT2D eigenvalue weighted by Gasteiger charge is -2.14. The van der Waals surface area contributed by atoms with E-state index in [2.05, 4.69) is 35.1 Å². The third-order valence-electron chi connectivity index (χ3n) is 3.38. The van der Waals surface area contributed by atoms with Crippen LogP contribution in [0, 0.1) is 5.92 Å². The van der Waals surface area contributed by atoms with Gasteiger partial charge in [-0.1, -0.05) is 48.7 Å². The minimum absolute atomic E-state index is 0.308. The lowest BCUT2D eigenvalue weighted by molar-refractivity contribution is 0.0600. The van der Waals surface area contributed by atoms with Gasteiger partial charge in [0, 0.05) is 11.0 Å². The number of esters is 1. The topological polar surface area (TPSA) is 38.3 Å². The summed E-state index contributed by atoms with van der Waals surface area (Å²) in [6, 6.07) is 5.56. The summed E-state index contributed by atoms with van der Waals surface area (Å²) in [5, 5.41) is 3.46. The van der Waals surface area contributed by atoms with Crippen LogP contribution in [0.3, 0.4) is 0 Å². The van der Waals surface area contributed by atoms with Crippen LogP contribution in [0.4, 0.5) is 0 Å². The summed E-state index contributed by atoms with van der Waals surface area (Å²) in [5.41, 5.74) is 1.72. The molecule has 0 aliphatic heterocycles. The van der Waals surface area contributed by atoms with Crippen LogP contribution < -0.4 is 5.32 Å². The molecule has 1 aromatic carbocycles. The Kier molecular flexibility index (Phi) is 7.10. The van der Waals surface area contributed by atoms with Crippen LogP contribution in [-0.2, 0) is 11.3 Å². The molecule has 0 bridgehead atoms. The van der Waals surface area contributed by atoms with Crippen molar-refractivity contribution in [3.63, 3.8) is 0 Å². The van der Waals surface area contributed by atoms with Gasteiger partial charge in [-0.3, -0.25) is 0 Å². The summed E-state index contributed by atoms with van der Waals surface area (Å²) in [6.07, 6.45) is 2.40. The second kappa shape index (κ2) is 8.33. The van der Waals surface area contributed by atoms with Crippen molar-refractivity contribution in [3.05, 3.63) is 33.8 Å². The highest BCUT2D eigenvalue weighted by molar-refractivity contribution is 9.10. The molecular weight excluding hydrogens is 306 g/mol. The number of rotatable bonds is 7. The molecule has 0 heterocycles. The average molecular weight is 328 g/mol. The highest BCUT2D eigenvalue weighted by Gasteiger charge is 2.09. The van der Waals surface area contributed by atoms with Gasteiger partial charge in [0.15, 0.2) is 0 Å². The Balaban J connectivity index is 2.58. The Bertz CT molecular complexity index is 417. The van der Waals surface area contributed by atoms with E-state index < -0.39 is 0 Å². The molecule has 1 aromatic rings. The largest absolute Gasteiger partial charge is 0.465 e. The van der Waals surface area contributed by atoms with Gasteiger partial charge in [0.2, 0.25) is 0 Å². The minimum Gasteiger partial charge on any atom is -0.465 e. The normalized spacial score (nSPS) is 10.8. The quantitative estimate of drug-likeness (QED) is 0.775. The van der Waals surface area contributed by atoms with Gasteiger partial charge >= 0.3 is 5.97 Å². The van der Waals surface area contributed by atoms with Crippen molar-refractivity contribution in [1.82, 2.24) is 5.32 Å². The number of hydrogen-bond donors (Lipinski definition) is 1. The molecule has 1 rings (SSSR count). The predicted molar refractivity (Wildman–Crippen MR) is 81.3 cm³/mol. The van der Waals surface area contributed by atoms with E-state index in [-0.39, 0.29) is 5.97 Å². The van der Waals surface area contributed by atoms with Crippen molar-refractivity contribution in [2.75, 3.05) is 13.7 Å². The fraction of sp³-hybridized carbons (Fsp3) is 0.533. The number of methoxy groups -OCH3 is 1. The Hall–Kier alpha value is -0.870. The molecule has 0 aliphatic rings. The van der Waals surface area contributed by atoms with Gasteiger partial charge in [-0.25, -0.2) is 4.79 Å². The van der Waals surface area contributed by atoms with Crippen LogP contribution in [-0.4, -0.2) is 19.6 Å². The molecule has 106 valence electrons. The molecule has 0 amide bonds. The van der Waals surface area contributed by atoms with Crippen LogP contribution in [0.15, 0.2) is 22.7 Å². The highest BCUT2D eigenvalue weighted by atomic mass is 79.9. The van der Waals surface area contributed by atoms with Gasteiger partial charge in [-0.05, 0) is 30.2 Å². The van der Waals surface area contributed by atoms with Gasteiger partial charge < -0.3 is 10.1 Å². The molecule has 0 aliphatic carbocycles. The Morgan fingerprint density at radius 2 is 2.05 bits per heavy atom. The summed E-state index contributed by atoms with van der Waals surface area (Å²) in [5.74, 6) is 0.422. The zero-order valence-corrected chi connectivity index (χ0v) is 13.4. The Labute approximate surface area is 123 Å². The zero-order valence-electron chi connectivity index (χ0n) is 11.8. The van der Waals surface area contributed by atoms with E-state index in [1.807, 2.05) is 6.07 Å². The van der Waals surface area contributed by atoms with Crippen molar-refractivity contribution in [1.29, 1.82) is 0 Å². The number of halogens is 1. The zero-order chi connectivity index (χ0) is 14.3. The fourth-order valence-electron chi connectivity index (χ4n) is 1.92. The maximum absolute atomic E-state index is 11.4. The molecule has 0 fully saturated rings. The third-order valence-corrected chi connectivity index (χ3v) is 4.12. The Morgan fingerprint density at radius 1 is 1.37 bits per heavy atom. The average Bonchev–Trinajstić information content (AvgIpc) is 2.44. The SMILES string of the molecule is CCC(CC)CNCc1ccc(C(=O)OC)cc1Br. The summed E-state index contributed by atoms with van der Waals surface area (Å²) in [7, 11) is 1.39. The number of nitrogens with one attached hydrogen (secondary N) is 1. The molecule has 3 nitrogen and oxygen atoms in total. The van der Waals surface area contributed by atoms with Gasteiger partial charge in [-0.2, -0.15) is 0 Å². The highest BCUT2D eigenvalue weighted by Crippen LogP contribution is 2.19. The molecule has 1 N–H and O–H groups in total. The van der Waals surface area contributed by atoms with Crippen LogP contribution >= 0.6 is 15.9 Å². The first-order chi connectivity index (χ1) is 9.12. The molecule has 0 radical (unpaired) electrons. The standard InChI is InChI=1S/C15H22BrNO2/c1-4-11(5-2)9-17-10-13-7-6-12(8-14(13)16)15(18)19-3/h6-8,11,17H,4-5,9-10H2,1-3H3. The smallest absolute Gasteiger partial charge is 0.337 e. The predicted octanol–water partition coefficient (Wildman–Crippen LogP) is 3.76. The third kappa shape index (κ3) is 4.96. The molecule has 4 heteroatoms. The van der Waals surface area contributed by atoms with Gasteiger partial charge in [0.1, 0.15) is 0 Å². The Morgan fingerprint density at radius 3 is 2.58 bits per heavy atom. The van der Waals surface area contributed by atoms with Crippen LogP contribution in [0.1, 0.15) is 42.6 Å². The molecule has 0 saturated heterocycles. The fourth-order valence-corrected chi connectivity index (χ4v) is 2.44. The van der Waals surface area contributed by atoms with Gasteiger partial charge in [0.05, 0.1) is 12.7 Å². The van der Waals surface area contributed by atoms with Gasteiger partial charge in [-0.15, -0.1) is 0 Å². The number of hydrogen-bond acceptors (Lipinski definition) is 3. The number of carbonyl (C=O) groups is 1. The van der Waals surface area contributed by atoms with Crippen molar-refractivity contribution < 1.29 is 9.53 Å². The van der Waals surface area contributed by atoms with E-state index in [1.54, 1.807) is 12.1 Å². The lowest BCUT2D eigenvalue weighted by atomic mass is 10.0. The van der Waals surface area contributed by atoms with Crippen molar-refractivity contribution in [3.8, 4) is 0 Å². The molecule has 0 spiro atoms. The number of carbonyl (C=O) groups excluding carboxylic acids is 1. The monoisotopic (exact) mass is 327 g/mol. The first-order valence-corrected chi connectivity index (χ1v) is 7.49. The van der Waals surface area contributed by atoms with E-state index in [0.29, 0.717) is 5.56 Å². The van der Waals surface area contributed by atoms with E-state index in [4.69, 9.17) is 4.74 Å². The summed E-state index contributed by atoms with van der Waals surface area (Å²) in [6.45, 7) is 6.27. The maximum atomic E-state index is 11.4. The molecule has 0 atom stereocenters. The first-order valence-electron chi connectivity index (χ1n) is 6.69. The molecular formula is C15H22BrNO2. The maximum Gasteiger partial charge on any atom is 0.337 e.